The van der Waals surface area contributed by atoms with Crippen molar-refractivity contribution in [1.82, 2.24) is 0 Å². The molecule has 0 heterocycles. The SMILES string of the molecule is O=S(=O)(CO)Cc1ccccc1C(F)(F)F. The maximum Gasteiger partial charge on any atom is 0.416 e. The van der Waals surface area contributed by atoms with E-state index in [9.17, 15) is 21.6 Å². The van der Waals surface area contributed by atoms with Gasteiger partial charge in [-0.25, -0.2) is 8.42 Å². The van der Waals surface area contributed by atoms with Crippen LogP contribution in [0.1, 0.15) is 11.1 Å². The summed E-state index contributed by atoms with van der Waals surface area (Å²) in [7, 11) is -3.90. The molecule has 1 aromatic carbocycles. The molecule has 0 aliphatic rings. The highest BCUT2D eigenvalue weighted by Gasteiger charge is 2.33. The molecular weight excluding hydrogens is 245 g/mol. The van der Waals surface area contributed by atoms with E-state index in [0.29, 0.717) is 0 Å². The molecule has 16 heavy (non-hydrogen) atoms. The molecule has 0 bridgehead atoms. The van der Waals surface area contributed by atoms with Crippen molar-refractivity contribution in [1.29, 1.82) is 0 Å². The van der Waals surface area contributed by atoms with E-state index < -0.39 is 33.3 Å². The predicted molar refractivity (Wildman–Crippen MR) is 51.2 cm³/mol. The van der Waals surface area contributed by atoms with Gasteiger partial charge in [0.2, 0.25) is 0 Å². The highest BCUT2D eigenvalue weighted by Crippen LogP contribution is 2.32. The number of aliphatic hydroxyl groups excluding tert-OH is 1. The van der Waals surface area contributed by atoms with E-state index in [1.54, 1.807) is 0 Å². The summed E-state index contributed by atoms with van der Waals surface area (Å²) >= 11 is 0. The van der Waals surface area contributed by atoms with Gasteiger partial charge in [0.15, 0.2) is 9.84 Å². The lowest BCUT2D eigenvalue weighted by molar-refractivity contribution is -0.138. The molecule has 0 saturated carbocycles. The molecule has 7 heteroatoms. The smallest absolute Gasteiger partial charge is 0.380 e. The van der Waals surface area contributed by atoms with E-state index in [1.807, 2.05) is 0 Å². The van der Waals surface area contributed by atoms with Gasteiger partial charge in [-0.2, -0.15) is 13.2 Å². The Morgan fingerprint density at radius 1 is 1.19 bits per heavy atom. The molecule has 0 spiro atoms. The number of rotatable bonds is 3. The van der Waals surface area contributed by atoms with Gasteiger partial charge in [-0.1, -0.05) is 18.2 Å². The lowest BCUT2D eigenvalue weighted by atomic mass is 10.1. The van der Waals surface area contributed by atoms with E-state index in [4.69, 9.17) is 5.11 Å². The van der Waals surface area contributed by atoms with Gasteiger partial charge < -0.3 is 5.11 Å². The minimum atomic E-state index is -4.60. The summed E-state index contributed by atoms with van der Waals surface area (Å²) in [4.78, 5) is 0. The van der Waals surface area contributed by atoms with Crippen molar-refractivity contribution in [2.45, 2.75) is 11.9 Å². The van der Waals surface area contributed by atoms with E-state index in [2.05, 4.69) is 0 Å². The summed E-state index contributed by atoms with van der Waals surface area (Å²) in [6.07, 6.45) is -4.60. The van der Waals surface area contributed by atoms with Gasteiger partial charge in [0.1, 0.15) is 5.94 Å². The Morgan fingerprint density at radius 2 is 1.75 bits per heavy atom. The second-order valence-corrected chi connectivity index (χ2v) is 5.21. The van der Waals surface area contributed by atoms with Gasteiger partial charge in [-0.15, -0.1) is 0 Å². The Hall–Kier alpha value is -1.08. The Bertz CT molecular complexity index is 465. The van der Waals surface area contributed by atoms with Crippen LogP contribution < -0.4 is 0 Å². The maximum absolute atomic E-state index is 12.5. The van der Waals surface area contributed by atoms with E-state index >= 15 is 0 Å². The first kappa shape index (κ1) is 13.0. The molecule has 1 rings (SSSR count). The lowest BCUT2D eigenvalue weighted by Crippen LogP contribution is -2.14. The van der Waals surface area contributed by atoms with Crippen LogP contribution >= 0.6 is 0 Å². The van der Waals surface area contributed by atoms with Gasteiger partial charge in [0.25, 0.3) is 0 Å². The third kappa shape index (κ3) is 3.21. The first-order valence-corrected chi connectivity index (χ1v) is 6.05. The highest BCUT2D eigenvalue weighted by molar-refractivity contribution is 7.90. The summed E-state index contributed by atoms with van der Waals surface area (Å²) in [5.74, 6) is -1.99. The maximum atomic E-state index is 12.5. The van der Waals surface area contributed by atoms with Crippen molar-refractivity contribution in [3.63, 3.8) is 0 Å². The Balaban J connectivity index is 3.16. The molecule has 0 saturated heterocycles. The summed E-state index contributed by atoms with van der Waals surface area (Å²) in [6, 6.07) is 4.38. The van der Waals surface area contributed by atoms with Crippen LogP contribution in [0.3, 0.4) is 0 Å². The molecule has 0 atom stereocenters. The van der Waals surface area contributed by atoms with Gasteiger partial charge in [-0.3, -0.25) is 0 Å². The number of aliphatic hydroxyl groups is 1. The second-order valence-electron chi connectivity index (χ2n) is 3.17. The molecule has 0 aliphatic carbocycles. The zero-order valence-corrected chi connectivity index (χ0v) is 8.85. The van der Waals surface area contributed by atoms with Crippen LogP contribution in [0.25, 0.3) is 0 Å². The van der Waals surface area contributed by atoms with Crippen molar-refractivity contribution in [2.24, 2.45) is 0 Å². The summed E-state index contributed by atoms with van der Waals surface area (Å²) in [5, 5.41) is 8.48. The topological polar surface area (TPSA) is 54.4 Å². The van der Waals surface area contributed by atoms with Gasteiger partial charge in [-0.05, 0) is 11.6 Å². The van der Waals surface area contributed by atoms with Crippen molar-refractivity contribution >= 4 is 9.84 Å². The number of sulfone groups is 1. The lowest BCUT2D eigenvalue weighted by Gasteiger charge is -2.11. The van der Waals surface area contributed by atoms with Crippen molar-refractivity contribution < 1.29 is 26.7 Å². The minimum absolute atomic E-state index is 0.357. The fraction of sp³-hybridized carbons (Fsp3) is 0.333. The van der Waals surface area contributed by atoms with Gasteiger partial charge in [0.05, 0.1) is 11.3 Å². The van der Waals surface area contributed by atoms with E-state index in [1.165, 1.54) is 12.1 Å². The number of hydrogen-bond donors (Lipinski definition) is 1. The molecular formula is C9H9F3O3S. The molecule has 0 aliphatic heterocycles. The molecule has 0 fully saturated rings. The van der Waals surface area contributed by atoms with Gasteiger partial charge >= 0.3 is 6.18 Å². The zero-order chi connectivity index (χ0) is 12.4. The Morgan fingerprint density at radius 3 is 2.25 bits per heavy atom. The Labute approximate surface area is 90.4 Å². The number of hydrogen-bond acceptors (Lipinski definition) is 3. The summed E-state index contributed by atoms with van der Waals surface area (Å²) < 4.78 is 59.5. The second kappa shape index (κ2) is 4.42. The molecule has 0 aromatic heterocycles. The van der Waals surface area contributed by atoms with E-state index in [0.717, 1.165) is 12.1 Å². The third-order valence-corrected chi connectivity index (χ3v) is 3.04. The average Bonchev–Trinajstić information content (AvgIpc) is 2.16. The zero-order valence-electron chi connectivity index (χ0n) is 8.03. The average molecular weight is 254 g/mol. The molecule has 1 aromatic rings. The van der Waals surface area contributed by atoms with Crippen molar-refractivity contribution in [2.75, 3.05) is 5.94 Å². The first-order valence-electron chi connectivity index (χ1n) is 4.22. The molecule has 0 radical (unpaired) electrons. The molecule has 0 amide bonds. The highest BCUT2D eigenvalue weighted by atomic mass is 32.2. The normalized spacial score (nSPS) is 12.8. The fourth-order valence-corrected chi connectivity index (χ4v) is 2.02. The minimum Gasteiger partial charge on any atom is -0.380 e. The number of halogens is 3. The molecule has 1 N–H and O–H groups in total. The largest absolute Gasteiger partial charge is 0.416 e. The standard InChI is InChI=1S/C9H9F3O3S/c10-9(11,12)8-4-2-1-3-7(8)5-16(14,15)6-13/h1-4,13H,5-6H2. The Kier molecular flexibility index (Phi) is 3.59. The van der Waals surface area contributed by atoms with Crippen LogP contribution in [-0.4, -0.2) is 19.5 Å². The van der Waals surface area contributed by atoms with Crippen molar-refractivity contribution in [3.8, 4) is 0 Å². The summed E-state index contributed by atoms with van der Waals surface area (Å²) in [6.45, 7) is 0. The first-order chi connectivity index (χ1) is 7.26. The third-order valence-electron chi connectivity index (χ3n) is 1.89. The fourth-order valence-electron chi connectivity index (χ4n) is 1.21. The summed E-state index contributed by atoms with van der Waals surface area (Å²) in [5.41, 5.74) is -1.35. The molecule has 0 unspecified atom stereocenters. The van der Waals surface area contributed by atoms with Crippen LogP contribution in [0, 0.1) is 0 Å². The quantitative estimate of drug-likeness (QED) is 0.890. The van der Waals surface area contributed by atoms with Crippen LogP contribution in [0.5, 0.6) is 0 Å². The number of alkyl halides is 3. The predicted octanol–water partition coefficient (Wildman–Crippen LogP) is 1.57. The van der Waals surface area contributed by atoms with Crippen LogP contribution in [0.4, 0.5) is 13.2 Å². The monoisotopic (exact) mass is 254 g/mol. The number of benzene rings is 1. The molecule has 90 valence electrons. The van der Waals surface area contributed by atoms with Gasteiger partial charge in [0, 0.05) is 0 Å². The molecule has 3 nitrogen and oxygen atoms in total. The van der Waals surface area contributed by atoms with Crippen LogP contribution in [0.15, 0.2) is 24.3 Å². The van der Waals surface area contributed by atoms with E-state index in [-0.39, 0.29) is 5.56 Å². The van der Waals surface area contributed by atoms with Crippen LogP contribution in [-0.2, 0) is 21.8 Å². The van der Waals surface area contributed by atoms with Crippen molar-refractivity contribution in [3.05, 3.63) is 35.4 Å². The van der Waals surface area contributed by atoms with Crippen LogP contribution in [0.2, 0.25) is 0 Å².